The summed E-state index contributed by atoms with van der Waals surface area (Å²) in [5.74, 6) is -2.69. The normalized spacial score (nSPS) is 11.1. The minimum absolute atomic E-state index is 0.0159. The van der Waals surface area contributed by atoms with Crippen molar-refractivity contribution < 1.29 is 24.6 Å². The monoisotopic (exact) mass is 732 g/mol. The number of halogens is 3. The summed E-state index contributed by atoms with van der Waals surface area (Å²) < 4.78 is 2.41. The van der Waals surface area contributed by atoms with E-state index in [1.165, 1.54) is 86.3 Å². The van der Waals surface area contributed by atoms with Crippen molar-refractivity contribution in [2.45, 2.75) is 84.0 Å². The molecule has 0 aliphatic rings. The Labute approximate surface area is 298 Å². The van der Waals surface area contributed by atoms with Crippen molar-refractivity contribution in [3.05, 3.63) is 79.4 Å². The van der Waals surface area contributed by atoms with E-state index in [9.17, 15) is 29.4 Å². The number of anilines is 3. The zero-order valence-corrected chi connectivity index (χ0v) is 29.3. The molecule has 2 heterocycles. The van der Waals surface area contributed by atoms with Crippen LogP contribution in [-0.4, -0.2) is 47.4 Å². The molecule has 0 aliphatic heterocycles. The summed E-state index contributed by atoms with van der Waals surface area (Å²) >= 11 is 18.9. The lowest BCUT2D eigenvalue weighted by molar-refractivity contribution is -0.116. The van der Waals surface area contributed by atoms with Gasteiger partial charge in [-0.2, -0.15) is 0 Å². The van der Waals surface area contributed by atoms with E-state index in [0.717, 1.165) is 36.4 Å². The van der Waals surface area contributed by atoms with E-state index in [1.54, 1.807) is 0 Å². The van der Waals surface area contributed by atoms with Gasteiger partial charge in [0.05, 0.1) is 27.4 Å². The average molecular weight is 734 g/mol. The van der Waals surface area contributed by atoms with Crippen LogP contribution in [0.2, 0.25) is 15.1 Å². The van der Waals surface area contributed by atoms with Gasteiger partial charge in [-0.1, -0.05) is 106 Å². The summed E-state index contributed by atoms with van der Waals surface area (Å²) in [6, 6.07) is 6.25. The first-order valence-corrected chi connectivity index (χ1v) is 17.3. The van der Waals surface area contributed by atoms with E-state index >= 15 is 0 Å². The van der Waals surface area contributed by atoms with E-state index in [2.05, 4.69) is 27.6 Å². The molecular weight excluding hydrogens is 695 g/mol. The van der Waals surface area contributed by atoms with Crippen LogP contribution in [-0.2, 0) is 4.79 Å². The van der Waals surface area contributed by atoms with Crippen LogP contribution in [0.1, 0.15) is 105 Å². The number of unbranched alkanes of at least 4 members (excludes halogenated alkanes) is 10. The van der Waals surface area contributed by atoms with E-state index in [4.69, 9.17) is 34.8 Å². The summed E-state index contributed by atoms with van der Waals surface area (Å²) in [5, 5.41) is 28.0. The first-order chi connectivity index (χ1) is 23.5. The maximum atomic E-state index is 13.9. The van der Waals surface area contributed by atoms with Gasteiger partial charge in [0, 0.05) is 17.1 Å². The molecule has 0 saturated carbocycles. The van der Waals surface area contributed by atoms with Gasteiger partial charge < -0.3 is 20.8 Å². The topological polar surface area (TPSA) is 171 Å². The smallest absolute Gasteiger partial charge is 0.335 e. The number of nitrogens with zero attached hydrogens (tertiary/aromatic N) is 3. The number of aromatic carboxylic acids is 2. The van der Waals surface area contributed by atoms with Crippen molar-refractivity contribution in [3.63, 3.8) is 0 Å². The van der Waals surface area contributed by atoms with Gasteiger partial charge in [0.25, 0.3) is 5.56 Å². The predicted octanol–water partition coefficient (Wildman–Crippen LogP) is 9.09. The number of carboxylic acids is 2. The minimum Gasteiger partial charge on any atom is -0.478 e. The predicted molar refractivity (Wildman–Crippen MR) is 192 cm³/mol. The number of imidazole rings is 1. The molecule has 0 radical (unpaired) electrons. The van der Waals surface area contributed by atoms with E-state index in [1.807, 2.05) is 0 Å². The van der Waals surface area contributed by atoms with Crippen LogP contribution in [0.5, 0.6) is 0 Å². The van der Waals surface area contributed by atoms with Crippen LogP contribution in [0.4, 0.5) is 17.3 Å². The number of hydrogen-bond acceptors (Lipinski definition) is 6. The number of nitrogens with one attached hydrogen (secondary N) is 3. The lowest BCUT2D eigenvalue weighted by atomic mass is 10.1. The molecule has 262 valence electrons. The third kappa shape index (κ3) is 10.4. The number of aromatic amines is 1. The summed E-state index contributed by atoms with van der Waals surface area (Å²) in [7, 11) is 0. The van der Waals surface area contributed by atoms with Gasteiger partial charge in [-0.15, -0.1) is 0 Å². The molecule has 4 rings (SSSR count). The number of carbonyl (C=O) groups is 3. The quantitative estimate of drug-likeness (QED) is 0.0594. The lowest BCUT2D eigenvalue weighted by Gasteiger charge is -2.10. The summed E-state index contributed by atoms with van der Waals surface area (Å²) in [6.07, 6.45) is 16.0. The molecule has 15 heteroatoms. The highest BCUT2D eigenvalue weighted by atomic mass is 35.5. The third-order valence-electron chi connectivity index (χ3n) is 7.88. The Morgan fingerprint density at radius 1 is 0.796 bits per heavy atom. The lowest BCUT2D eigenvalue weighted by Crippen LogP contribution is -2.18. The van der Waals surface area contributed by atoms with Crippen LogP contribution in [0.25, 0.3) is 11.4 Å². The fourth-order valence-electron chi connectivity index (χ4n) is 5.42. The Morgan fingerprint density at radius 2 is 1.35 bits per heavy atom. The highest BCUT2D eigenvalue weighted by Crippen LogP contribution is 2.33. The Hall–Kier alpha value is -4.26. The fourth-order valence-corrected chi connectivity index (χ4v) is 6.40. The molecule has 0 bridgehead atoms. The maximum Gasteiger partial charge on any atom is 0.335 e. The minimum atomic E-state index is -1.35. The number of rotatable bonds is 19. The molecule has 0 fully saturated rings. The van der Waals surface area contributed by atoms with Crippen molar-refractivity contribution in [1.82, 2.24) is 19.3 Å². The summed E-state index contributed by atoms with van der Waals surface area (Å²) in [6.45, 7) is 2.22. The van der Waals surface area contributed by atoms with Gasteiger partial charge in [0.2, 0.25) is 5.91 Å². The highest BCUT2D eigenvalue weighted by molar-refractivity contribution is 6.40. The molecule has 2 aromatic carbocycles. The van der Waals surface area contributed by atoms with E-state index in [0.29, 0.717) is 6.42 Å². The van der Waals surface area contributed by atoms with Crippen LogP contribution in [0.3, 0.4) is 0 Å². The molecule has 2 aromatic heterocycles. The second-order valence-corrected chi connectivity index (χ2v) is 13.0. The fraction of sp³-hybridized carbons (Fsp3) is 0.382. The van der Waals surface area contributed by atoms with Crippen molar-refractivity contribution in [3.8, 4) is 11.4 Å². The van der Waals surface area contributed by atoms with Gasteiger partial charge in [0.1, 0.15) is 12.0 Å². The zero-order valence-electron chi connectivity index (χ0n) is 27.0. The van der Waals surface area contributed by atoms with E-state index < -0.39 is 17.5 Å². The molecule has 4 aromatic rings. The van der Waals surface area contributed by atoms with Gasteiger partial charge in [0.15, 0.2) is 17.3 Å². The standard InChI is InChI=1S/C34H39Cl3N6O6/c1-2-3-4-5-6-7-8-9-10-11-12-13-28(44)40-27-19-42(20-38-27)30-31(39-24-15-21(33(46)47)14-22(16-24)34(48)49)41-43(32(30)45)29-25(36)17-23(35)18-26(29)37/h14-20,39,41H,2-13H2,1H3,(H,40,44)(H,46,47)(H,48,49). The number of benzene rings is 2. The molecule has 0 spiro atoms. The zero-order chi connectivity index (χ0) is 35.5. The van der Waals surface area contributed by atoms with E-state index in [-0.39, 0.29) is 60.8 Å². The SMILES string of the molecule is CCCCCCCCCCCCCC(=O)Nc1cn(-c2c(Nc3cc(C(=O)O)cc(C(=O)O)c3)[nH]n(-c3c(Cl)cc(Cl)cc3Cl)c2=O)cn1. The van der Waals surface area contributed by atoms with Gasteiger partial charge in [-0.05, 0) is 36.8 Å². The Bertz CT molecular complexity index is 1790. The second-order valence-electron chi connectivity index (χ2n) is 11.7. The van der Waals surface area contributed by atoms with Crippen molar-refractivity contribution in [1.29, 1.82) is 0 Å². The van der Waals surface area contributed by atoms with Crippen molar-refractivity contribution in [2.24, 2.45) is 0 Å². The number of carboxylic acid groups (broad SMARTS) is 2. The molecule has 1 amide bonds. The molecule has 0 aliphatic carbocycles. The molecular formula is C34H39Cl3N6O6. The first kappa shape index (κ1) is 37.6. The molecule has 5 N–H and O–H groups in total. The van der Waals surface area contributed by atoms with Gasteiger partial charge in [-0.25, -0.2) is 19.3 Å². The van der Waals surface area contributed by atoms with Crippen LogP contribution >= 0.6 is 34.8 Å². The summed E-state index contributed by atoms with van der Waals surface area (Å²) in [4.78, 5) is 54.2. The average Bonchev–Trinajstić information content (AvgIpc) is 3.62. The number of carbonyl (C=O) groups excluding carboxylic acids is 1. The first-order valence-electron chi connectivity index (χ1n) is 16.2. The molecule has 0 unspecified atom stereocenters. The molecule has 12 nitrogen and oxygen atoms in total. The maximum absolute atomic E-state index is 13.9. The number of H-pyrrole nitrogens is 1. The largest absolute Gasteiger partial charge is 0.478 e. The molecule has 49 heavy (non-hydrogen) atoms. The molecule has 0 saturated heterocycles. The second kappa shape index (κ2) is 17.9. The van der Waals surface area contributed by atoms with Crippen LogP contribution < -0.4 is 16.2 Å². The van der Waals surface area contributed by atoms with Crippen LogP contribution in [0.15, 0.2) is 47.7 Å². The Kier molecular flexibility index (Phi) is 13.7. The number of hydrogen-bond donors (Lipinski definition) is 5. The Morgan fingerprint density at radius 3 is 1.90 bits per heavy atom. The highest BCUT2D eigenvalue weighted by Gasteiger charge is 2.23. The number of amides is 1. The van der Waals surface area contributed by atoms with Gasteiger partial charge in [-0.3, -0.25) is 19.3 Å². The number of aromatic nitrogens is 4. The van der Waals surface area contributed by atoms with Crippen molar-refractivity contribution in [2.75, 3.05) is 10.6 Å². The van der Waals surface area contributed by atoms with Crippen LogP contribution in [0, 0.1) is 0 Å². The molecule has 0 atom stereocenters. The Balaban J connectivity index is 1.51. The third-order valence-corrected chi connectivity index (χ3v) is 8.68. The van der Waals surface area contributed by atoms with Crippen molar-refractivity contribution >= 4 is 70.0 Å². The van der Waals surface area contributed by atoms with Gasteiger partial charge >= 0.3 is 11.9 Å². The summed E-state index contributed by atoms with van der Waals surface area (Å²) in [5.41, 5.74) is -1.14.